The quantitative estimate of drug-likeness (QED) is 0.533. The van der Waals surface area contributed by atoms with E-state index < -0.39 is 0 Å². The van der Waals surface area contributed by atoms with Crippen LogP contribution in [0.25, 0.3) is 0 Å². The molecule has 1 unspecified atom stereocenters. The number of unbranched alkanes of at least 4 members (excludes halogenated alkanes) is 4. The van der Waals surface area contributed by atoms with E-state index in [1.807, 2.05) is 0 Å². The van der Waals surface area contributed by atoms with E-state index in [0.29, 0.717) is 11.9 Å². The maximum absolute atomic E-state index is 11.6. The van der Waals surface area contributed by atoms with Gasteiger partial charge in [0.2, 0.25) is 0 Å². The first-order valence-corrected chi connectivity index (χ1v) is 7.46. The maximum atomic E-state index is 11.6. The predicted octanol–water partition coefficient (Wildman–Crippen LogP) is 4.27. The topological polar surface area (TPSA) is 26.3 Å². The number of hydrogen-bond donors (Lipinski definition) is 0. The first-order chi connectivity index (χ1) is 8.33. The molecule has 0 aromatic heterocycles. The third-order valence-corrected chi connectivity index (χ3v) is 3.56. The predicted molar refractivity (Wildman–Crippen MR) is 71.2 cm³/mol. The molecular formula is C15H28O2. The summed E-state index contributed by atoms with van der Waals surface area (Å²) < 4.78 is 5.55. The van der Waals surface area contributed by atoms with E-state index in [1.165, 1.54) is 38.5 Å². The summed E-state index contributed by atoms with van der Waals surface area (Å²) in [5.74, 6) is 0.458. The lowest BCUT2D eigenvalue weighted by Gasteiger charge is -2.08. The molecule has 1 atom stereocenters. The Bertz CT molecular complexity index is 195. The molecule has 0 aromatic rings. The fourth-order valence-electron chi connectivity index (χ4n) is 2.45. The van der Waals surface area contributed by atoms with Crippen molar-refractivity contribution in [1.29, 1.82) is 0 Å². The second-order valence-corrected chi connectivity index (χ2v) is 5.23. The first-order valence-electron chi connectivity index (χ1n) is 7.46. The van der Waals surface area contributed by atoms with Crippen molar-refractivity contribution < 1.29 is 9.53 Å². The molecule has 1 heterocycles. The first kappa shape index (κ1) is 14.7. The molecule has 2 heteroatoms. The Kier molecular flexibility index (Phi) is 8.33. The van der Waals surface area contributed by atoms with Crippen molar-refractivity contribution >= 4 is 5.78 Å². The van der Waals surface area contributed by atoms with Crippen molar-refractivity contribution in [2.75, 3.05) is 6.61 Å². The van der Waals surface area contributed by atoms with Crippen molar-refractivity contribution in [3.63, 3.8) is 0 Å². The van der Waals surface area contributed by atoms with E-state index in [0.717, 1.165) is 38.7 Å². The molecule has 1 aliphatic rings. The Morgan fingerprint density at radius 2 is 1.88 bits per heavy atom. The van der Waals surface area contributed by atoms with Crippen LogP contribution < -0.4 is 0 Å². The molecular weight excluding hydrogens is 212 g/mol. The van der Waals surface area contributed by atoms with Gasteiger partial charge in [0.15, 0.2) is 0 Å². The highest BCUT2D eigenvalue weighted by Gasteiger charge is 2.15. The average molecular weight is 240 g/mol. The van der Waals surface area contributed by atoms with Gasteiger partial charge in [-0.3, -0.25) is 4.79 Å². The molecule has 1 fully saturated rings. The summed E-state index contributed by atoms with van der Waals surface area (Å²) in [7, 11) is 0. The normalized spacial score (nSPS) is 19.7. The van der Waals surface area contributed by atoms with Crippen LogP contribution in [0, 0.1) is 0 Å². The maximum Gasteiger partial charge on any atom is 0.132 e. The number of carbonyl (C=O) groups is 1. The molecule has 1 rings (SSSR count). The zero-order valence-corrected chi connectivity index (χ0v) is 11.4. The van der Waals surface area contributed by atoms with Crippen LogP contribution in [0.3, 0.4) is 0 Å². The lowest BCUT2D eigenvalue weighted by atomic mass is 10.0. The fourth-order valence-corrected chi connectivity index (χ4v) is 2.45. The Morgan fingerprint density at radius 3 is 2.59 bits per heavy atom. The summed E-state index contributed by atoms with van der Waals surface area (Å²) in [5.41, 5.74) is 0. The molecule has 0 bridgehead atoms. The summed E-state index contributed by atoms with van der Waals surface area (Å²) in [4.78, 5) is 11.6. The molecule has 17 heavy (non-hydrogen) atoms. The molecule has 0 amide bonds. The number of hydrogen-bond acceptors (Lipinski definition) is 2. The van der Waals surface area contributed by atoms with Crippen LogP contribution in [0.1, 0.15) is 77.6 Å². The highest BCUT2D eigenvalue weighted by Crippen LogP contribution is 2.18. The molecule has 0 N–H and O–H groups in total. The minimum Gasteiger partial charge on any atom is -0.378 e. The van der Waals surface area contributed by atoms with Crippen molar-refractivity contribution in [3.05, 3.63) is 0 Å². The van der Waals surface area contributed by atoms with Crippen molar-refractivity contribution in [3.8, 4) is 0 Å². The molecule has 0 spiro atoms. The van der Waals surface area contributed by atoms with Crippen LogP contribution in [0.2, 0.25) is 0 Å². The van der Waals surface area contributed by atoms with Gasteiger partial charge in [0.1, 0.15) is 5.78 Å². The van der Waals surface area contributed by atoms with Crippen LogP contribution >= 0.6 is 0 Å². The molecule has 1 aliphatic heterocycles. The molecule has 0 aliphatic carbocycles. The van der Waals surface area contributed by atoms with E-state index in [-0.39, 0.29) is 0 Å². The van der Waals surface area contributed by atoms with E-state index >= 15 is 0 Å². The van der Waals surface area contributed by atoms with Gasteiger partial charge >= 0.3 is 0 Å². The second kappa shape index (κ2) is 9.64. The monoisotopic (exact) mass is 240 g/mol. The molecule has 0 saturated carbocycles. The Labute approximate surface area is 106 Å². The summed E-state index contributed by atoms with van der Waals surface area (Å²) in [6, 6.07) is 0. The lowest BCUT2D eigenvalue weighted by Crippen LogP contribution is -2.06. The average Bonchev–Trinajstić information content (AvgIpc) is 2.82. The smallest absolute Gasteiger partial charge is 0.132 e. The number of Topliss-reactive ketones (excluding diaryl/α,β-unsaturated/α-hetero) is 1. The largest absolute Gasteiger partial charge is 0.378 e. The number of ether oxygens (including phenoxy) is 1. The standard InChI is InChI=1S/C15H28O2/c1-2-3-4-5-6-9-14(16)10-7-11-15-12-8-13-17-15/h15H,2-13H2,1H3. The molecule has 2 nitrogen and oxygen atoms in total. The van der Waals surface area contributed by atoms with Gasteiger partial charge in [-0.05, 0) is 32.1 Å². The SMILES string of the molecule is CCCCCCCC(=O)CCCC1CCCO1. The molecule has 0 aromatic carbocycles. The van der Waals surface area contributed by atoms with Crippen LogP contribution in [-0.4, -0.2) is 18.5 Å². The second-order valence-electron chi connectivity index (χ2n) is 5.23. The van der Waals surface area contributed by atoms with Gasteiger partial charge in [-0.2, -0.15) is 0 Å². The zero-order chi connectivity index (χ0) is 12.3. The highest BCUT2D eigenvalue weighted by molar-refractivity contribution is 5.78. The minimum absolute atomic E-state index is 0.451. The van der Waals surface area contributed by atoms with Gasteiger partial charge in [-0.25, -0.2) is 0 Å². The van der Waals surface area contributed by atoms with E-state index in [9.17, 15) is 4.79 Å². The van der Waals surface area contributed by atoms with Crippen molar-refractivity contribution in [2.45, 2.75) is 83.7 Å². The molecule has 100 valence electrons. The summed E-state index contributed by atoms with van der Waals surface area (Å²) in [5, 5.41) is 0. The summed E-state index contributed by atoms with van der Waals surface area (Å²) >= 11 is 0. The van der Waals surface area contributed by atoms with E-state index in [2.05, 4.69) is 6.92 Å². The summed E-state index contributed by atoms with van der Waals surface area (Å²) in [6.07, 6.45) is 12.7. The van der Waals surface area contributed by atoms with Crippen molar-refractivity contribution in [1.82, 2.24) is 0 Å². The van der Waals surface area contributed by atoms with Gasteiger partial charge in [-0.15, -0.1) is 0 Å². The minimum atomic E-state index is 0.451. The van der Waals surface area contributed by atoms with E-state index in [4.69, 9.17) is 4.74 Å². The van der Waals surface area contributed by atoms with Crippen LogP contribution in [0.5, 0.6) is 0 Å². The highest BCUT2D eigenvalue weighted by atomic mass is 16.5. The number of ketones is 1. The zero-order valence-electron chi connectivity index (χ0n) is 11.4. The van der Waals surface area contributed by atoms with Crippen molar-refractivity contribution in [2.24, 2.45) is 0 Å². The van der Waals surface area contributed by atoms with Gasteiger partial charge < -0.3 is 4.74 Å². The van der Waals surface area contributed by atoms with Gasteiger partial charge in [0.05, 0.1) is 6.10 Å². The lowest BCUT2D eigenvalue weighted by molar-refractivity contribution is -0.119. The Morgan fingerprint density at radius 1 is 1.12 bits per heavy atom. The van der Waals surface area contributed by atoms with Crippen LogP contribution in [0.4, 0.5) is 0 Å². The third kappa shape index (κ3) is 7.54. The number of rotatable bonds is 10. The van der Waals surface area contributed by atoms with E-state index in [1.54, 1.807) is 0 Å². The Balaban J connectivity index is 1.86. The molecule has 0 radical (unpaired) electrons. The summed E-state index contributed by atoms with van der Waals surface area (Å²) in [6.45, 7) is 3.15. The number of carbonyl (C=O) groups excluding carboxylic acids is 1. The van der Waals surface area contributed by atoms with Crippen LogP contribution in [0.15, 0.2) is 0 Å². The fraction of sp³-hybridized carbons (Fsp3) is 0.933. The van der Waals surface area contributed by atoms with Gasteiger partial charge in [0, 0.05) is 19.4 Å². The van der Waals surface area contributed by atoms with Gasteiger partial charge in [0.25, 0.3) is 0 Å². The van der Waals surface area contributed by atoms with Crippen LogP contribution in [-0.2, 0) is 9.53 Å². The Hall–Kier alpha value is -0.370. The van der Waals surface area contributed by atoms with Gasteiger partial charge in [-0.1, -0.05) is 32.6 Å². The third-order valence-electron chi connectivity index (χ3n) is 3.56. The molecule has 1 saturated heterocycles.